The standard InChI is InChI=1S/C20H29N3O3/c1-20(2,3)17(18(21)25)22-19(26)15-13-23(11-7-4-8-12-24)16-10-6-5-9-14(15)16/h5-6,9-10,13,17,24H,4,7-8,11-12H2,1-3H3,(H2,21,25)(H,22,26)/t17-/m0/s1. The number of primary amides is 1. The molecule has 6 heteroatoms. The number of carbonyl (C=O) groups excluding carboxylic acids is 2. The minimum Gasteiger partial charge on any atom is -0.396 e. The smallest absolute Gasteiger partial charge is 0.254 e. The zero-order chi connectivity index (χ0) is 19.3. The Morgan fingerprint density at radius 3 is 2.50 bits per heavy atom. The predicted octanol–water partition coefficient (Wildman–Crippen LogP) is 2.43. The van der Waals surface area contributed by atoms with Crippen molar-refractivity contribution >= 4 is 22.7 Å². The van der Waals surface area contributed by atoms with Crippen molar-refractivity contribution in [3.8, 4) is 0 Å². The third-order valence-corrected chi connectivity index (χ3v) is 4.52. The van der Waals surface area contributed by atoms with E-state index in [1.165, 1.54) is 0 Å². The maximum absolute atomic E-state index is 12.8. The molecule has 2 aromatic rings. The number of hydrogen-bond donors (Lipinski definition) is 3. The van der Waals surface area contributed by atoms with Crippen molar-refractivity contribution in [3.05, 3.63) is 36.0 Å². The molecule has 0 saturated heterocycles. The second kappa shape index (κ2) is 8.36. The number of aromatic nitrogens is 1. The van der Waals surface area contributed by atoms with Crippen molar-refractivity contribution in [2.75, 3.05) is 6.61 Å². The first-order valence-electron chi connectivity index (χ1n) is 9.04. The fourth-order valence-electron chi connectivity index (χ4n) is 3.11. The molecule has 0 unspecified atom stereocenters. The number of hydrogen-bond acceptors (Lipinski definition) is 3. The van der Waals surface area contributed by atoms with Gasteiger partial charge in [-0.2, -0.15) is 0 Å². The lowest BCUT2D eigenvalue weighted by atomic mass is 9.86. The first-order chi connectivity index (χ1) is 12.3. The van der Waals surface area contributed by atoms with Gasteiger partial charge in [-0.1, -0.05) is 39.0 Å². The molecule has 0 aliphatic carbocycles. The van der Waals surface area contributed by atoms with E-state index in [-0.39, 0.29) is 12.5 Å². The van der Waals surface area contributed by atoms with Crippen molar-refractivity contribution in [3.63, 3.8) is 0 Å². The van der Waals surface area contributed by atoms with Gasteiger partial charge < -0.3 is 20.7 Å². The number of rotatable bonds is 8. The van der Waals surface area contributed by atoms with Gasteiger partial charge in [-0.05, 0) is 30.7 Å². The Kier molecular flexibility index (Phi) is 6.42. The summed E-state index contributed by atoms with van der Waals surface area (Å²) in [6.45, 7) is 6.57. The molecule has 1 heterocycles. The minimum atomic E-state index is -0.748. The van der Waals surface area contributed by atoms with Gasteiger partial charge in [-0.15, -0.1) is 0 Å². The van der Waals surface area contributed by atoms with Crippen molar-refractivity contribution in [2.24, 2.45) is 11.1 Å². The number of unbranched alkanes of at least 4 members (excludes halogenated alkanes) is 2. The average molecular weight is 359 g/mol. The van der Waals surface area contributed by atoms with E-state index in [0.29, 0.717) is 5.56 Å². The Labute approximate surface area is 154 Å². The average Bonchev–Trinajstić information content (AvgIpc) is 2.94. The Balaban J connectivity index is 2.28. The molecule has 4 N–H and O–H groups in total. The number of nitrogens with two attached hydrogens (primary N) is 1. The third kappa shape index (κ3) is 4.64. The highest BCUT2D eigenvalue weighted by molar-refractivity contribution is 6.08. The van der Waals surface area contributed by atoms with Gasteiger partial charge in [0.1, 0.15) is 6.04 Å². The number of nitrogens with one attached hydrogen (secondary N) is 1. The van der Waals surface area contributed by atoms with Crippen LogP contribution in [-0.4, -0.2) is 34.1 Å². The fourth-order valence-corrected chi connectivity index (χ4v) is 3.11. The van der Waals surface area contributed by atoms with Crippen molar-refractivity contribution in [1.29, 1.82) is 0 Å². The van der Waals surface area contributed by atoms with Crippen LogP contribution in [0, 0.1) is 5.41 Å². The monoisotopic (exact) mass is 359 g/mol. The molecule has 1 aromatic heterocycles. The summed E-state index contributed by atoms with van der Waals surface area (Å²) in [5.74, 6) is -0.840. The lowest BCUT2D eigenvalue weighted by Crippen LogP contribution is -2.52. The zero-order valence-corrected chi connectivity index (χ0v) is 15.8. The number of para-hydroxylation sites is 1. The second-order valence-corrected chi connectivity index (χ2v) is 7.71. The second-order valence-electron chi connectivity index (χ2n) is 7.71. The molecular formula is C20H29N3O3. The number of benzene rings is 1. The van der Waals surface area contributed by atoms with E-state index < -0.39 is 17.4 Å². The summed E-state index contributed by atoms with van der Waals surface area (Å²) in [6, 6.07) is 6.97. The van der Waals surface area contributed by atoms with E-state index in [2.05, 4.69) is 9.88 Å². The van der Waals surface area contributed by atoms with Crippen LogP contribution in [0.25, 0.3) is 10.9 Å². The first-order valence-corrected chi connectivity index (χ1v) is 9.04. The highest BCUT2D eigenvalue weighted by Crippen LogP contribution is 2.24. The summed E-state index contributed by atoms with van der Waals surface area (Å²) in [7, 11) is 0. The van der Waals surface area contributed by atoms with Crippen molar-refractivity contribution in [2.45, 2.75) is 52.6 Å². The van der Waals surface area contributed by atoms with Crippen molar-refractivity contribution < 1.29 is 14.7 Å². The number of aliphatic hydroxyl groups is 1. The van der Waals surface area contributed by atoms with Crippen LogP contribution in [0.4, 0.5) is 0 Å². The van der Waals surface area contributed by atoms with Gasteiger partial charge >= 0.3 is 0 Å². The summed E-state index contributed by atoms with van der Waals surface area (Å²) < 4.78 is 2.05. The van der Waals surface area contributed by atoms with Crippen LogP contribution >= 0.6 is 0 Å². The molecule has 2 amide bonds. The largest absolute Gasteiger partial charge is 0.396 e. The molecule has 0 aliphatic rings. The number of aliphatic hydroxyl groups excluding tert-OH is 1. The van der Waals surface area contributed by atoms with Crippen LogP contribution in [0.1, 0.15) is 50.4 Å². The lowest BCUT2D eigenvalue weighted by molar-refractivity contribution is -0.122. The number of amides is 2. The van der Waals surface area contributed by atoms with Crippen LogP contribution in [-0.2, 0) is 11.3 Å². The molecule has 0 radical (unpaired) electrons. The van der Waals surface area contributed by atoms with E-state index >= 15 is 0 Å². The Hall–Kier alpha value is -2.34. The van der Waals surface area contributed by atoms with Crippen LogP contribution < -0.4 is 11.1 Å². The normalized spacial score (nSPS) is 12.9. The summed E-state index contributed by atoms with van der Waals surface area (Å²) in [5, 5.41) is 12.6. The first kappa shape index (κ1) is 20.0. The molecule has 0 fully saturated rings. The molecule has 0 bridgehead atoms. The summed E-state index contributed by atoms with van der Waals surface area (Å²) in [6.07, 6.45) is 4.46. The van der Waals surface area contributed by atoms with Gasteiger partial charge in [0, 0.05) is 30.3 Å². The SMILES string of the molecule is CC(C)(C)[C@@H](NC(=O)c1cn(CCCCCO)c2ccccc12)C(N)=O. The van der Waals surface area contributed by atoms with E-state index in [4.69, 9.17) is 10.8 Å². The van der Waals surface area contributed by atoms with Crippen LogP contribution in [0.5, 0.6) is 0 Å². The fraction of sp³-hybridized carbons (Fsp3) is 0.500. The maximum Gasteiger partial charge on any atom is 0.254 e. The number of fused-ring (bicyclic) bond motifs is 1. The molecule has 0 aliphatic heterocycles. The Morgan fingerprint density at radius 2 is 1.88 bits per heavy atom. The molecule has 2 rings (SSSR count). The number of nitrogens with zero attached hydrogens (tertiary/aromatic N) is 1. The molecule has 26 heavy (non-hydrogen) atoms. The molecule has 6 nitrogen and oxygen atoms in total. The van der Waals surface area contributed by atoms with Gasteiger partial charge in [-0.25, -0.2) is 0 Å². The summed E-state index contributed by atoms with van der Waals surface area (Å²) >= 11 is 0. The highest BCUT2D eigenvalue weighted by atomic mass is 16.3. The number of aryl methyl sites for hydroxylation is 1. The molecule has 0 saturated carbocycles. The Bertz CT molecular complexity index is 774. The minimum absolute atomic E-state index is 0.196. The van der Waals surface area contributed by atoms with Gasteiger partial charge in [0.05, 0.1) is 5.56 Å². The molecule has 0 spiro atoms. The number of carbonyl (C=O) groups is 2. The van der Waals surface area contributed by atoms with Gasteiger partial charge in [0.15, 0.2) is 0 Å². The third-order valence-electron chi connectivity index (χ3n) is 4.52. The van der Waals surface area contributed by atoms with Gasteiger partial charge in [0.2, 0.25) is 5.91 Å². The quantitative estimate of drug-likeness (QED) is 0.632. The van der Waals surface area contributed by atoms with Crippen LogP contribution in [0.2, 0.25) is 0 Å². The van der Waals surface area contributed by atoms with E-state index in [1.54, 1.807) is 0 Å². The Morgan fingerprint density at radius 1 is 1.19 bits per heavy atom. The lowest BCUT2D eigenvalue weighted by Gasteiger charge is -2.28. The van der Waals surface area contributed by atoms with Crippen molar-refractivity contribution in [1.82, 2.24) is 9.88 Å². The molecular weight excluding hydrogens is 330 g/mol. The predicted molar refractivity (Wildman–Crippen MR) is 103 cm³/mol. The van der Waals surface area contributed by atoms with Crippen LogP contribution in [0.3, 0.4) is 0 Å². The summed E-state index contributed by atoms with van der Waals surface area (Å²) in [4.78, 5) is 24.6. The summed E-state index contributed by atoms with van der Waals surface area (Å²) in [5.41, 5.74) is 6.53. The topological polar surface area (TPSA) is 97.3 Å². The molecule has 1 atom stereocenters. The van der Waals surface area contributed by atoms with Crippen LogP contribution in [0.15, 0.2) is 30.5 Å². The molecule has 142 valence electrons. The van der Waals surface area contributed by atoms with E-state index in [1.807, 2.05) is 51.2 Å². The highest BCUT2D eigenvalue weighted by Gasteiger charge is 2.32. The maximum atomic E-state index is 12.8. The molecule has 1 aromatic carbocycles. The van der Waals surface area contributed by atoms with Gasteiger partial charge in [-0.3, -0.25) is 9.59 Å². The van der Waals surface area contributed by atoms with E-state index in [9.17, 15) is 9.59 Å². The van der Waals surface area contributed by atoms with E-state index in [0.717, 1.165) is 36.7 Å². The van der Waals surface area contributed by atoms with Gasteiger partial charge in [0.25, 0.3) is 5.91 Å². The zero-order valence-electron chi connectivity index (χ0n) is 15.8.